The van der Waals surface area contributed by atoms with E-state index in [-0.39, 0.29) is 0 Å². The van der Waals surface area contributed by atoms with Crippen molar-refractivity contribution in [1.29, 1.82) is 0 Å². The first-order valence-electron chi connectivity index (χ1n) is 9.40. The van der Waals surface area contributed by atoms with Crippen LogP contribution in [-0.4, -0.2) is 61.2 Å². The molecule has 1 fully saturated rings. The first-order chi connectivity index (χ1) is 10.2. The van der Waals surface area contributed by atoms with Gasteiger partial charge in [-0.1, -0.05) is 20.8 Å². The quantitative estimate of drug-likeness (QED) is 0.667. The Kier molecular flexibility index (Phi) is 10.3. The van der Waals surface area contributed by atoms with Crippen molar-refractivity contribution < 1.29 is 0 Å². The van der Waals surface area contributed by atoms with Crippen LogP contribution in [0.15, 0.2) is 0 Å². The van der Waals surface area contributed by atoms with E-state index in [9.17, 15) is 0 Å². The molecule has 0 bridgehead atoms. The van der Waals surface area contributed by atoms with Crippen LogP contribution in [0.3, 0.4) is 0 Å². The molecule has 3 nitrogen and oxygen atoms in total. The molecule has 126 valence electrons. The molecule has 3 heteroatoms. The lowest BCUT2D eigenvalue weighted by Gasteiger charge is -2.24. The monoisotopic (exact) mass is 297 g/mol. The Morgan fingerprint density at radius 3 is 2.57 bits per heavy atom. The fourth-order valence-electron chi connectivity index (χ4n) is 3.51. The van der Waals surface area contributed by atoms with Gasteiger partial charge in [0.1, 0.15) is 0 Å². The summed E-state index contributed by atoms with van der Waals surface area (Å²) >= 11 is 0. The number of likely N-dealkylation sites (tertiary alicyclic amines) is 1. The molecule has 0 saturated carbocycles. The van der Waals surface area contributed by atoms with Gasteiger partial charge in [-0.3, -0.25) is 0 Å². The summed E-state index contributed by atoms with van der Waals surface area (Å²) in [5.41, 5.74) is 0. The van der Waals surface area contributed by atoms with E-state index in [0.29, 0.717) is 6.04 Å². The van der Waals surface area contributed by atoms with E-state index >= 15 is 0 Å². The molecule has 1 heterocycles. The molecular weight excluding hydrogens is 258 g/mol. The Labute approximate surface area is 133 Å². The molecule has 21 heavy (non-hydrogen) atoms. The van der Waals surface area contributed by atoms with Crippen molar-refractivity contribution in [1.82, 2.24) is 15.1 Å². The van der Waals surface area contributed by atoms with Crippen molar-refractivity contribution in [2.45, 2.75) is 78.3 Å². The zero-order chi connectivity index (χ0) is 15.5. The van der Waals surface area contributed by atoms with Gasteiger partial charge in [0.15, 0.2) is 0 Å². The molecule has 0 aromatic carbocycles. The molecule has 1 aliphatic rings. The average molecular weight is 298 g/mol. The minimum atomic E-state index is 0.670. The van der Waals surface area contributed by atoms with Gasteiger partial charge < -0.3 is 15.1 Å². The maximum absolute atomic E-state index is 3.89. The van der Waals surface area contributed by atoms with Crippen LogP contribution in [0.5, 0.6) is 0 Å². The molecule has 1 aliphatic heterocycles. The fourth-order valence-corrected chi connectivity index (χ4v) is 3.51. The van der Waals surface area contributed by atoms with Crippen LogP contribution < -0.4 is 5.32 Å². The van der Waals surface area contributed by atoms with Crippen LogP contribution in [-0.2, 0) is 0 Å². The lowest BCUT2D eigenvalue weighted by molar-refractivity contribution is 0.276. The first kappa shape index (κ1) is 18.9. The lowest BCUT2D eigenvalue weighted by Crippen LogP contribution is -2.38. The summed E-state index contributed by atoms with van der Waals surface area (Å²) in [5, 5.41) is 3.89. The third kappa shape index (κ3) is 8.18. The predicted octanol–water partition coefficient (Wildman–Crippen LogP) is 3.35. The molecule has 1 saturated heterocycles. The Morgan fingerprint density at radius 1 is 1.14 bits per heavy atom. The van der Waals surface area contributed by atoms with Crippen molar-refractivity contribution in [3.8, 4) is 0 Å². The second-order valence-corrected chi connectivity index (χ2v) is 6.71. The normalized spacial score (nSPS) is 22.4. The van der Waals surface area contributed by atoms with Gasteiger partial charge in [-0.25, -0.2) is 0 Å². The molecule has 1 rings (SSSR count). The Hall–Kier alpha value is -0.120. The second-order valence-electron chi connectivity index (χ2n) is 6.71. The van der Waals surface area contributed by atoms with Crippen LogP contribution in [0.2, 0.25) is 0 Å². The summed E-state index contributed by atoms with van der Waals surface area (Å²) in [4.78, 5) is 5.17. The van der Waals surface area contributed by atoms with E-state index in [2.05, 4.69) is 42.8 Å². The van der Waals surface area contributed by atoms with Gasteiger partial charge in [-0.05, 0) is 84.7 Å². The van der Waals surface area contributed by atoms with Crippen LogP contribution in [0.25, 0.3) is 0 Å². The third-order valence-corrected chi connectivity index (χ3v) is 4.89. The summed E-state index contributed by atoms with van der Waals surface area (Å²) in [5.74, 6) is 0. The van der Waals surface area contributed by atoms with Gasteiger partial charge >= 0.3 is 0 Å². The number of rotatable bonds is 10. The van der Waals surface area contributed by atoms with Gasteiger partial charge in [-0.2, -0.15) is 0 Å². The standard InChI is InChI=1S/C18H39N3/c1-5-13-21-15-9-11-18(12-16-21)19-17(4)10-8-14-20(6-2)7-3/h17-19H,5-16H2,1-4H3. The van der Waals surface area contributed by atoms with Gasteiger partial charge in [0.2, 0.25) is 0 Å². The molecule has 0 spiro atoms. The smallest absolute Gasteiger partial charge is 0.00821 e. The number of nitrogens with zero attached hydrogens (tertiary/aromatic N) is 2. The van der Waals surface area contributed by atoms with Crippen LogP contribution >= 0.6 is 0 Å². The van der Waals surface area contributed by atoms with Gasteiger partial charge in [-0.15, -0.1) is 0 Å². The number of nitrogens with one attached hydrogen (secondary N) is 1. The third-order valence-electron chi connectivity index (χ3n) is 4.89. The minimum absolute atomic E-state index is 0.670. The molecule has 0 aromatic rings. The average Bonchev–Trinajstić information content (AvgIpc) is 2.70. The van der Waals surface area contributed by atoms with E-state index in [1.807, 2.05) is 0 Å². The highest BCUT2D eigenvalue weighted by atomic mass is 15.1. The van der Waals surface area contributed by atoms with Gasteiger partial charge in [0.05, 0.1) is 0 Å². The van der Waals surface area contributed by atoms with Crippen molar-refractivity contribution in [2.24, 2.45) is 0 Å². The van der Waals surface area contributed by atoms with Crippen LogP contribution in [0, 0.1) is 0 Å². The van der Waals surface area contributed by atoms with Crippen molar-refractivity contribution in [2.75, 3.05) is 39.3 Å². The van der Waals surface area contributed by atoms with E-state index in [1.165, 1.54) is 77.8 Å². The molecule has 0 aromatic heterocycles. The lowest BCUT2D eigenvalue weighted by atomic mass is 10.1. The highest BCUT2D eigenvalue weighted by Crippen LogP contribution is 2.13. The maximum atomic E-state index is 3.89. The van der Waals surface area contributed by atoms with E-state index in [0.717, 1.165) is 6.04 Å². The summed E-state index contributed by atoms with van der Waals surface area (Å²) in [6.45, 7) is 16.7. The maximum Gasteiger partial charge on any atom is 0.00821 e. The van der Waals surface area contributed by atoms with Crippen LogP contribution in [0.1, 0.15) is 66.2 Å². The zero-order valence-electron chi connectivity index (χ0n) is 15.0. The van der Waals surface area contributed by atoms with Crippen molar-refractivity contribution in [3.63, 3.8) is 0 Å². The second kappa shape index (κ2) is 11.4. The van der Waals surface area contributed by atoms with Crippen molar-refractivity contribution >= 4 is 0 Å². The van der Waals surface area contributed by atoms with Crippen LogP contribution in [0.4, 0.5) is 0 Å². The summed E-state index contributed by atoms with van der Waals surface area (Å²) in [6.07, 6.45) is 7.99. The zero-order valence-corrected chi connectivity index (χ0v) is 15.0. The Bertz CT molecular complexity index is 241. The molecule has 2 atom stereocenters. The summed E-state index contributed by atoms with van der Waals surface area (Å²) in [7, 11) is 0. The van der Waals surface area contributed by atoms with E-state index < -0.39 is 0 Å². The molecular formula is C18H39N3. The Morgan fingerprint density at radius 2 is 1.90 bits per heavy atom. The Balaban J connectivity index is 2.17. The summed E-state index contributed by atoms with van der Waals surface area (Å²) in [6, 6.07) is 1.42. The highest BCUT2D eigenvalue weighted by molar-refractivity contribution is 4.77. The van der Waals surface area contributed by atoms with E-state index in [4.69, 9.17) is 0 Å². The molecule has 2 unspecified atom stereocenters. The molecule has 0 amide bonds. The number of hydrogen-bond acceptors (Lipinski definition) is 3. The minimum Gasteiger partial charge on any atom is -0.311 e. The summed E-state index contributed by atoms with van der Waals surface area (Å²) < 4.78 is 0. The van der Waals surface area contributed by atoms with Gasteiger partial charge in [0.25, 0.3) is 0 Å². The molecule has 1 N–H and O–H groups in total. The van der Waals surface area contributed by atoms with Crippen molar-refractivity contribution in [3.05, 3.63) is 0 Å². The van der Waals surface area contributed by atoms with E-state index in [1.54, 1.807) is 0 Å². The van der Waals surface area contributed by atoms with Gasteiger partial charge in [0, 0.05) is 12.1 Å². The largest absolute Gasteiger partial charge is 0.311 e. The number of hydrogen-bond donors (Lipinski definition) is 1. The predicted molar refractivity (Wildman–Crippen MR) is 94.0 cm³/mol. The molecule has 0 radical (unpaired) electrons. The first-order valence-corrected chi connectivity index (χ1v) is 9.40. The highest BCUT2D eigenvalue weighted by Gasteiger charge is 2.17. The molecule has 0 aliphatic carbocycles. The SMILES string of the molecule is CCCN1CCCC(NC(C)CCCN(CC)CC)CC1. The fraction of sp³-hybridized carbons (Fsp3) is 1.00. The topological polar surface area (TPSA) is 18.5 Å².